The van der Waals surface area contributed by atoms with Gasteiger partial charge in [-0.15, -0.1) is 0 Å². The average Bonchev–Trinajstić information content (AvgIpc) is 3.05. The predicted octanol–water partition coefficient (Wildman–Crippen LogP) is 2.70. The third kappa shape index (κ3) is 5.87. The van der Waals surface area contributed by atoms with E-state index in [0.29, 0.717) is 25.0 Å². The maximum Gasteiger partial charge on any atom is 0.191 e. The van der Waals surface area contributed by atoms with E-state index in [1.807, 2.05) is 6.92 Å². The maximum absolute atomic E-state index is 11.7. The largest absolute Gasteiger partial charge is 0.372 e. The number of hydrogen-bond donors (Lipinski definition) is 2. The first-order valence-corrected chi connectivity index (χ1v) is 12.4. The van der Waals surface area contributed by atoms with Gasteiger partial charge in [0.05, 0.1) is 18.1 Å². The summed E-state index contributed by atoms with van der Waals surface area (Å²) in [6.45, 7) is 3.33. The minimum Gasteiger partial charge on any atom is -0.372 e. The number of anilines is 1. The number of nitrogens with zero attached hydrogens (tertiary/aromatic N) is 2. The third-order valence-corrected chi connectivity index (χ3v) is 7.57. The van der Waals surface area contributed by atoms with Crippen LogP contribution in [-0.2, 0) is 16.4 Å². The average molecular weight is 407 g/mol. The van der Waals surface area contributed by atoms with Crippen LogP contribution in [-0.4, -0.2) is 51.6 Å². The van der Waals surface area contributed by atoms with Gasteiger partial charge in [0.15, 0.2) is 15.8 Å². The van der Waals surface area contributed by atoms with Crippen molar-refractivity contribution in [3.63, 3.8) is 0 Å². The molecule has 1 aromatic rings. The van der Waals surface area contributed by atoms with E-state index in [4.69, 9.17) is 0 Å². The highest BCUT2D eigenvalue weighted by molar-refractivity contribution is 7.91. The smallest absolute Gasteiger partial charge is 0.191 e. The fourth-order valence-corrected chi connectivity index (χ4v) is 5.78. The highest BCUT2D eigenvalue weighted by atomic mass is 32.2. The summed E-state index contributed by atoms with van der Waals surface area (Å²) in [6, 6.07) is 9.26. The van der Waals surface area contributed by atoms with Gasteiger partial charge in [-0.2, -0.15) is 0 Å². The third-order valence-electron chi connectivity index (χ3n) is 5.80. The van der Waals surface area contributed by atoms with E-state index in [1.54, 1.807) is 0 Å². The molecule has 0 bridgehead atoms. The van der Waals surface area contributed by atoms with Gasteiger partial charge in [0.1, 0.15) is 0 Å². The van der Waals surface area contributed by atoms with E-state index < -0.39 is 9.84 Å². The van der Waals surface area contributed by atoms with Crippen molar-refractivity contribution >= 4 is 21.5 Å². The summed E-state index contributed by atoms with van der Waals surface area (Å²) in [5.41, 5.74) is 2.41. The van der Waals surface area contributed by atoms with E-state index in [-0.39, 0.29) is 17.5 Å². The molecule has 2 aliphatic rings. The topological polar surface area (TPSA) is 73.8 Å². The Balaban J connectivity index is 1.58. The van der Waals surface area contributed by atoms with Crippen LogP contribution in [0.1, 0.15) is 51.0 Å². The van der Waals surface area contributed by atoms with Gasteiger partial charge < -0.3 is 15.5 Å². The molecular formula is C21H34N4O2S. The fourth-order valence-electron chi connectivity index (χ4n) is 4.11. The number of guanidine groups is 1. The Morgan fingerprint density at radius 1 is 1.14 bits per heavy atom. The fraction of sp³-hybridized carbons (Fsp3) is 0.667. The molecule has 7 heteroatoms. The molecular weight excluding hydrogens is 372 g/mol. The van der Waals surface area contributed by atoms with Gasteiger partial charge in [-0.3, -0.25) is 0 Å². The van der Waals surface area contributed by atoms with Crippen molar-refractivity contribution in [2.75, 3.05) is 30.0 Å². The lowest BCUT2D eigenvalue weighted by Gasteiger charge is -2.33. The van der Waals surface area contributed by atoms with Crippen LogP contribution in [0.15, 0.2) is 29.3 Å². The quantitative estimate of drug-likeness (QED) is 0.561. The first-order valence-electron chi connectivity index (χ1n) is 10.5. The summed E-state index contributed by atoms with van der Waals surface area (Å²) >= 11 is 0. The summed E-state index contributed by atoms with van der Waals surface area (Å²) < 4.78 is 23.3. The Bertz CT molecular complexity index is 755. The van der Waals surface area contributed by atoms with E-state index in [9.17, 15) is 8.42 Å². The molecule has 3 rings (SSSR count). The predicted molar refractivity (Wildman–Crippen MR) is 117 cm³/mol. The summed E-state index contributed by atoms with van der Waals surface area (Å²) in [4.78, 5) is 7.06. The summed E-state index contributed by atoms with van der Waals surface area (Å²) in [5, 5.41) is 6.48. The maximum atomic E-state index is 11.7. The Hall–Kier alpha value is -1.76. The van der Waals surface area contributed by atoms with Crippen molar-refractivity contribution < 1.29 is 8.42 Å². The summed E-state index contributed by atoms with van der Waals surface area (Å²) in [5.74, 6) is 1.15. The summed E-state index contributed by atoms with van der Waals surface area (Å²) in [7, 11) is -0.695. The van der Waals surface area contributed by atoms with Gasteiger partial charge in [0.25, 0.3) is 0 Å². The molecule has 0 aromatic heterocycles. The molecule has 1 aromatic carbocycles. The standard InChI is InChI=1S/C21H34N4O2S/c1-3-22-21(24-18-13-14-28(26,27)16-18)23-15-17-9-11-20(12-10-17)25(2)19-7-5-4-6-8-19/h9-12,18-19H,3-8,13-16H2,1-2H3,(H2,22,23,24). The Morgan fingerprint density at radius 3 is 2.46 bits per heavy atom. The van der Waals surface area contributed by atoms with Crippen molar-refractivity contribution in [3.05, 3.63) is 29.8 Å². The second-order valence-electron chi connectivity index (χ2n) is 8.01. The minimum atomic E-state index is -2.90. The van der Waals surface area contributed by atoms with Crippen LogP contribution < -0.4 is 15.5 Å². The zero-order chi connectivity index (χ0) is 20.0. The Labute approximate surface area is 169 Å². The SMILES string of the molecule is CCNC(=NCc1ccc(N(C)C2CCCCC2)cc1)NC1CCS(=O)(=O)C1. The van der Waals surface area contributed by atoms with Crippen LogP contribution in [0.25, 0.3) is 0 Å². The zero-order valence-electron chi connectivity index (χ0n) is 17.2. The molecule has 2 N–H and O–H groups in total. The molecule has 156 valence electrons. The molecule has 28 heavy (non-hydrogen) atoms. The molecule has 0 radical (unpaired) electrons. The number of aliphatic imine (C=N–C) groups is 1. The number of hydrogen-bond acceptors (Lipinski definition) is 4. The van der Waals surface area contributed by atoms with Gasteiger partial charge in [-0.1, -0.05) is 31.4 Å². The van der Waals surface area contributed by atoms with E-state index in [1.165, 1.54) is 37.8 Å². The van der Waals surface area contributed by atoms with Gasteiger partial charge >= 0.3 is 0 Å². The molecule has 0 spiro atoms. The molecule has 1 unspecified atom stereocenters. The van der Waals surface area contributed by atoms with Crippen molar-refractivity contribution in [3.8, 4) is 0 Å². The van der Waals surface area contributed by atoms with Crippen LogP contribution in [0.3, 0.4) is 0 Å². The first kappa shape index (κ1) is 21.0. The molecule has 1 aliphatic heterocycles. The number of nitrogens with one attached hydrogen (secondary N) is 2. The van der Waals surface area contributed by atoms with E-state index in [0.717, 1.165) is 12.1 Å². The molecule has 1 saturated carbocycles. The first-order chi connectivity index (χ1) is 13.5. The van der Waals surface area contributed by atoms with Crippen molar-refractivity contribution in [2.24, 2.45) is 4.99 Å². The van der Waals surface area contributed by atoms with Crippen LogP contribution in [0.5, 0.6) is 0 Å². The molecule has 0 amide bonds. The van der Waals surface area contributed by atoms with E-state index >= 15 is 0 Å². The Kier molecular flexibility index (Phi) is 7.21. The molecule has 2 fully saturated rings. The van der Waals surface area contributed by atoms with Gasteiger partial charge in [0, 0.05) is 31.4 Å². The second kappa shape index (κ2) is 9.63. The van der Waals surface area contributed by atoms with Crippen LogP contribution in [0, 0.1) is 0 Å². The highest BCUT2D eigenvalue weighted by Gasteiger charge is 2.28. The normalized spacial score (nSPS) is 22.8. The molecule has 1 aliphatic carbocycles. The van der Waals surface area contributed by atoms with Crippen molar-refractivity contribution in [1.82, 2.24) is 10.6 Å². The number of rotatable bonds is 6. The monoisotopic (exact) mass is 406 g/mol. The molecule has 1 atom stereocenters. The highest BCUT2D eigenvalue weighted by Crippen LogP contribution is 2.26. The number of sulfone groups is 1. The van der Waals surface area contributed by atoms with Crippen LogP contribution in [0.2, 0.25) is 0 Å². The lowest BCUT2D eigenvalue weighted by atomic mass is 9.94. The van der Waals surface area contributed by atoms with Gasteiger partial charge in [-0.05, 0) is 43.9 Å². The molecule has 1 saturated heterocycles. The van der Waals surface area contributed by atoms with Gasteiger partial charge in [-0.25, -0.2) is 13.4 Å². The van der Waals surface area contributed by atoms with E-state index in [2.05, 4.69) is 51.8 Å². The number of benzene rings is 1. The minimum absolute atomic E-state index is 0.0469. The van der Waals surface area contributed by atoms with Crippen molar-refractivity contribution in [1.29, 1.82) is 0 Å². The molecule has 1 heterocycles. The Morgan fingerprint density at radius 2 is 1.86 bits per heavy atom. The van der Waals surface area contributed by atoms with Crippen LogP contribution in [0.4, 0.5) is 5.69 Å². The second-order valence-corrected chi connectivity index (χ2v) is 10.2. The lowest BCUT2D eigenvalue weighted by molar-refractivity contribution is 0.427. The van der Waals surface area contributed by atoms with Crippen molar-refractivity contribution in [2.45, 2.75) is 64.1 Å². The zero-order valence-corrected chi connectivity index (χ0v) is 18.0. The molecule has 6 nitrogen and oxygen atoms in total. The van der Waals surface area contributed by atoms with Gasteiger partial charge in [0.2, 0.25) is 0 Å². The summed E-state index contributed by atoms with van der Waals surface area (Å²) in [6.07, 6.45) is 7.27. The lowest BCUT2D eigenvalue weighted by Crippen LogP contribution is -2.44. The van der Waals surface area contributed by atoms with Crippen LogP contribution >= 0.6 is 0 Å².